The first-order chi connectivity index (χ1) is 8.63. The summed E-state index contributed by atoms with van der Waals surface area (Å²) in [5, 5.41) is 0.0693. The lowest BCUT2D eigenvalue weighted by Crippen LogP contribution is -2.22. The van der Waals surface area contributed by atoms with E-state index in [4.69, 9.17) is 16.3 Å². The van der Waals surface area contributed by atoms with Crippen molar-refractivity contribution in [3.05, 3.63) is 29.3 Å². The van der Waals surface area contributed by atoms with Crippen LogP contribution < -0.4 is 4.74 Å². The van der Waals surface area contributed by atoms with E-state index in [0.29, 0.717) is 0 Å². The van der Waals surface area contributed by atoms with Crippen LogP contribution in [0, 0.1) is 12.3 Å². The van der Waals surface area contributed by atoms with Crippen LogP contribution in [0.5, 0.6) is 5.75 Å². The standard InChI is InChI=1S/C16H23ClO/c1-4-16(9-5-6-10-16)15(17)13-11-12(2)7-8-14(13)18-3/h7-8,11,15H,4-6,9-10H2,1-3H3. The van der Waals surface area contributed by atoms with Gasteiger partial charge in [0.05, 0.1) is 12.5 Å². The van der Waals surface area contributed by atoms with Crippen molar-refractivity contribution in [2.24, 2.45) is 5.41 Å². The Morgan fingerprint density at radius 1 is 1.33 bits per heavy atom. The second kappa shape index (κ2) is 5.52. The fourth-order valence-electron chi connectivity index (χ4n) is 3.25. The predicted octanol–water partition coefficient (Wildman–Crippen LogP) is 5.25. The lowest BCUT2D eigenvalue weighted by molar-refractivity contribution is 0.266. The topological polar surface area (TPSA) is 9.23 Å². The molecule has 1 nitrogen and oxygen atoms in total. The molecule has 1 atom stereocenters. The average Bonchev–Trinajstić information content (AvgIpc) is 2.87. The number of ether oxygens (including phenoxy) is 1. The highest BCUT2D eigenvalue weighted by Crippen LogP contribution is 2.54. The fourth-order valence-corrected chi connectivity index (χ4v) is 3.79. The summed E-state index contributed by atoms with van der Waals surface area (Å²) in [7, 11) is 1.73. The minimum absolute atomic E-state index is 0.0693. The SMILES string of the molecule is CCC1(C(Cl)c2cc(C)ccc2OC)CCCC1. The quantitative estimate of drug-likeness (QED) is 0.676. The van der Waals surface area contributed by atoms with Gasteiger partial charge in [0, 0.05) is 5.56 Å². The number of rotatable bonds is 4. The van der Waals surface area contributed by atoms with Crippen molar-refractivity contribution in [1.82, 2.24) is 0 Å². The molecule has 0 bridgehead atoms. The lowest BCUT2D eigenvalue weighted by Gasteiger charge is -2.34. The van der Waals surface area contributed by atoms with E-state index in [0.717, 1.165) is 12.2 Å². The summed E-state index contributed by atoms with van der Waals surface area (Å²) < 4.78 is 5.49. The molecule has 0 amide bonds. The van der Waals surface area contributed by atoms with Gasteiger partial charge in [0.1, 0.15) is 5.75 Å². The van der Waals surface area contributed by atoms with Gasteiger partial charge in [-0.1, -0.05) is 37.5 Å². The van der Waals surface area contributed by atoms with Gasteiger partial charge in [0.15, 0.2) is 0 Å². The molecule has 0 spiro atoms. The summed E-state index contributed by atoms with van der Waals surface area (Å²) in [6, 6.07) is 6.31. The molecular weight excluding hydrogens is 244 g/mol. The molecule has 1 aromatic rings. The summed E-state index contributed by atoms with van der Waals surface area (Å²) in [6.45, 7) is 4.38. The molecule has 0 heterocycles. The van der Waals surface area contributed by atoms with Crippen molar-refractivity contribution in [1.29, 1.82) is 0 Å². The monoisotopic (exact) mass is 266 g/mol. The van der Waals surface area contributed by atoms with Crippen LogP contribution in [-0.4, -0.2) is 7.11 Å². The highest BCUT2D eigenvalue weighted by molar-refractivity contribution is 6.21. The summed E-state index contributed by atoms with van der Waals surface area (Å²) in [5.74, 6) is 0.931. The zero-order valence-corrected chi connectivity index (χ0v) is 12.4. The second-order valence-corrected chi connectivity index (χ2v) is 5.97. The van der Waals surface area contributed by atoms with E-state index in [-0.39, 0.29) is 10.8 Å². The van der Waals surface area contributed by atoms with E-state index in [1.807, 2.05) is 6.07 Å². The zero-order valence-electron chi connectivity index (χ0n) is 11.6. The van der Waals surface area contributed by atoms with Crippen molar-refractivity contribution in [2.75, 3.05) is 7.11 Å². The smallest absolute Gasteiger partial charge is 0.123 e. The normalized spacial score (nSPS) is 19.8. The number of hydrogen-bond acceptors (Lipinski definition) is 1. The van der Waals surface area contributed by atoms with Crippen LogP contribution >= 0.6 is 11.6 Å². The van der Waals surface area contributed by atoms with Crippen LogP contribution in [0.2, 0.25) is 0 Å². The molecule has 2 heteroatoms. The van der Waals surface area contributed by atoms with E-state index < -0.39 is 0 Å². The van der Waals surface area contributed by atoms with Crippen LogP contribution in [0.1, 0.15) is 55.5 Å². The third-order valence-corrected chi connectivity index (χ3v) is 5.20. The predicted molar refractivity (Wildman–Crippen MR) is 77.5 cm³/mol. The maximum atomic E-state index is 6.85. The van der Waals surface area contributed by atoms with Gasteiger partial charge >= 0.3 is 0 Å². The van der Waals surface area contributed by atoms with Gasteiger partial charge < -0.3 is 4.74 Å². The van der Waals surface area contributed by atoms with Gasteiger partial charge in [-0.25, -0.2) is 0 Å². The first-order valence-corrected chi connectivity index (χ1v) is 7.35. The Labute approximate surface area is 115 Å². The largest absolute Gasteiger partial charge is 0.496 e. The Morgan fingerprint density at radius 3 is 2.56 bits per heavy atom. The molecule has 1 aromatic carbocycles. The van der Waals surface area contributed by atoms with Gasteiger partial charge in [-0.2, -0.15) is 0 Å². The van der Waals surface area contributed by atoms with E-state index >= 15 is 0 Å². The number of benzene rings is 1. The highest BCUT2D eigenvalue weighted by atomic mass is 35.5. The van der Waals surface area contributed by atoms with Crippen LogP contribution in [0.3, 0.4) is 0 Å². The Morgan fingerprint density at radius 2 is 2.00 bits per heavy atom. The van der Waals surface area contributed by atoms with Gasteiger partial charge in [-0.05, 0) is 37.7 Å². The zero-order chi connectivity index (χ0) is 13.2. The maximum Gasteiger partial charge on any atom is 0.123 e. The Kier molecular flexibility index (Phi) is 4.21. The Balaban J connectivity index is 2.37. The highest BCUT2D eigenvalue weighted by Gasteiger charge is 2.40. The molecule has 0 aliphatic heterocycles. The number of aryl methyl sites for hydroxylation is 1. The Bertz CT molecular complexity index is 408. The van der Waals surface area contributed by atoms with Crippen molar-refractivity contribution in [3.63, 3.8) is 0 Å². The molecule has 0 saturated heterocycles. The van der Waals surface area contributed by atoms with Crippen molar-refractivity contribution < 1.29 is 4.74 Å². The summed E-state index contributed by atoms with van der Waals surface area (Å²) in [4.78, 5) is 0. The van der Waals surface area contributed by atoms with E-state index in [9.17, 15) is 0 Å². The molecular formula is C16H23ClO. The molecule has 18 heavy (non-hydrogen) atoms. The van der Waals surface area contributed by atoms with Crippen LogP contribution in [0.15, 0.2) is 18.2 Å². The first kappa shape index (κ1) is 13.7. The lowest BCUT2D eigenvalue weighted by atomic mass is 9.77. The number of methoxy groups -OCH3 is 1. The molecule has 1 saturated carbocycles. The molecule has 1 aliphatic carbocycles. The van der Waals surface area contributed by atoms with Crippen LogP contribution in [0.25, 0.3) is 0 Å². The van der Waals surface area contributed by atoms with E-state index in [1.165, 1.54) is 36.8 Å². The van der Waals surface area contributed by atoms with Crippen molar-refractivity contribution in [2.45, 2.75) is 51.3 Å². The minimum Gasteiger partial charge on any atom is -0.496 e. The molecule has 2 rings (SSSR count). The van der Waals surface area contributed by atoms with Crippen molar-refractivity contribution >= 4 is 11.6 Å². The number of hydrogen-bond donors (Lipinski definition) is 0. The van der Waals surface area contributed by atoms with Gasteiger partial charge in [0.25, 0.3) is 0 Å². The molecule has 0 N–H and O–H groups in total. The summed E-state index contributed by atoms with van der Waals surface area (Å²) >= 11 is 6.85. The van der Waals surface area contributed by atoms with Gasteiger partial charge in [-0.3, -0.25) is 0 Å². The molecule has 1 fully saturated rings. The molecule has 1 aliphatic rings. The average molecular weight is 267 g/mol. The van der Waals surface area contributed by atoms with Gasteiger partial charge in [-0.15, -0.1) is 11.6 Å². The molecule has 100 valence electrons. The second-order valence-electron chi connectivity index (χ2n) is 5.53. The Hall–Kier alpha value is -0.690. The third-order valence-electron chi connectivity index (χ3n) is 4.50. The van der Waals surface area contributed by atoms with Crippen LogP contribution in [0.4, 0.5) is 0 Å². The molecule has 1 unspecified atom stereocenters. The van der Waals surface area contributed by atoms with Crippen LogP contribution in [-0.2, 0) is 0 Å². The summed E-state index contributed by atoms with van der Waals surface area (Å²) in [5.41, 5.74) is 2.69. The molecule has 0 radical (unpaired) electrons. The summed E-state index contributed by atoms with van der Waals surface area (Å²) in [6.07, 6.45) is 6.26. The third kappa shape index (κ3) is 2.38. The molecule has 0 aromatic heterocycles. The minimum atomic E-state index is 0.0693. The maximum absolute atomic E-state index is 6.85. The fraction of sp³-hybridized carbons (Fsp3) is 0.625. The van der Waals surface area contributed by atoms with E-state index in [2.05, 4.69) is 26.0 Å². The number of alkyl halides is 1. The van der Waals surface area contributed by atoms with Gasteiger partial charge in [0.2, 0.25) is 0 Å². The van der Waals surface area contributed by atoms with E-state index in [1.54, 1.807) is 7.11 Å². The number of halogens is 1. The van der Waals surface area contributed by atoms with Crippen molar-refractivity contribution in [3.8, 4) is 5.75 Å². The first-order valence-electron chi connectivity index (χ1n) is 6.91.